The van der Waals surface area contributed by atoms with Crippen LogP contribution in [-0.4, -0.2) is 50.6 Å². The molecule has 1 saturated heterocycles. The van der Waals surface area contributed by atoms with Crippen LogP contribution in [0.15, 0.2) is 23.2 Å². The third-order valence-corrected chi connectivity index (χ3v) is 4.33. The molecule has 0 bridgehead atoms. The fourth-order valence-corrected chi connectivity index (χ4v) is 2.99. The predicted octanol–water partition coefficient (Wildman–Crippen LogP) is 2.18. The maximum Gasteiger partial charge on any atom is 0.191 e. The summed E-state index contributed by atoms with van der Waals surface area (Å²) in [5.74, 6) is 1.37. The molecule has 1 aliphatic heterocycles. The second kappa shape index (κ2) is 8.87. The minimum absolute atomic E-state index is 0.171. The van der Waals surface area contributed by atoms with Crippen molar-refractivity contribution in [1.82, 2.24) is 15.5 Å². The van der Waals surface area contributed by atoms with Crippen LogP contribution in [0.4, 0.5) is 4.39 Å². The van der Waals surface area contributed by atoms with Crippen LogP contribution in [0.3, 0.4) is 0 Å². The number of nitrogens with one attached hydrogen (secondary N) is 2. The Morgan fingerprint density at radius 3 is 2.87 bits per heavy atom. The van der Waals surface area contributed by atoms with Crippen LogP contribution >= 0.6 is 0 Å². The third-order valence-electron chi connectivity index (χ3n) is 4.33. The minimum atomic E-state index is -0.171. The van der Waals surface area contributed by atoms with E-state index in [1.807, 2.05) is 13.0 Å². The molecular formula is C18H29FN4. The van der Waals surface area contributed by atoms with Gasteiger partial charge in [-0.05, 0) is 69.5 Å². The normalized spacial score (nSPS) is 19.1. The molecule has 1 aromatic rings. The molecule has 1 atom stereocenters. The van der Waals surface area contributed by atoms with E-state index < -0.39 is 0 Å². The van der Waals surface area contributed by atoms with E-state index in [-0.39, 0.29) is 5.82 Å². The Labute approximate surface area is 139 Å². The minimum Gasteiger partial charge on any atom is -0.357 e. The highest BCUT2D eigenvalue weighted by atomic mass is 19.1. The molecular weight excluding hydrogens is 291 g/mol. The number of halogens is 1. The van der Waals surface area contributed by atoms with Crippen molar-refractivity contribution in [3.8, 4) is 0 Å². The predicted molar refractivity (Wildman–Crippen MR) is 94.4 cm³/mol. The SMILES string of the molecule is CCNC(=NCC1CCN(C)C1)NCCc1ccc(F)cc1C. The summed E-state index contributed by atoms with van der Waals surface area (Å²) >= 11 is 0. The van der Waals surface area contributed by atoms with Crippen LogP contribution in [-0.2, 0) is 6.42 Å². The van der Waals surface area contributed by atoms with Gasteiger partial charge in [0.2, 0.25) is 0 Å². The molecule has 4 nitrogen and oxygen atoms in total. The molecule has 1 aromatic carbocycles. The van der Waals surface area contributed by atoms with Gasteiger partial charge < -0.3 is 15.5 Å². The van der Waals surface area contributed by atoms with Crippen molar-refractivity contribution < 1.29 is 4.39 Å². The van der Waals surface area contributed by atoms with Gasteiger partial charge in [-0.25, -0.2) is 4.39 Å². The van der Waals surface area contributed by atoms with Gasteiger partial charge in [-0.1, -0.05) is 6.07 Å². The zero-order valence-electron chi connectivity index (χ0n) is 14.5. The van der Waals surface area contributed by atoms with E-state index in [1.54, 1.807) is 6.07 Å². The number of hydrogen-bond donors (Lipinski definition) is 2. The summed E-state index contributed by atoms with van der Waals surface area (Å²) in [4.78, 5) is 7.06. The summed E-state index contributed by atoms with van der Waals surface area (Å²) in [6.07, 6.45) is 2.09. The van der Waals surface area contributed by atoms with E-state index in [2.05, 4.69) is 29.5 Å². The summed E-state index contributed by atoms with van der Waals surface area (Å²) in [6, 6.07) is 4.98. The molecule has 1 fully saturated rings. The van der Waals surface area contributed by atoms with Gasteiger partial charge in [-0.2, -0.15) is 0 Å². The average molecular weight is 320 g/mol. The fraction of sp³-hybridized carbons (Fsp3) is 0.611. The first kappa shape index (κ1) is 17.7. The standard InChI is InChI=1S/C18H29FN4/c1-4-20-18(22-12-15-8-10-23(3)13-15)21-9-7-16-5-6-17(19)11-14(16)2/h5-6,11,15H,4,7-10,12-13H2,1-3H3,(H2,20,21,22). The largest absolute Gasteiger partial charge is 0.357 e. The van der Waals surface area contributed by atoms with Crippen molar-refractivity contribution >= 4 is 5.96 Å². The third kappa shape index (κ3) is 5.82. The summed E-state index contributed by atoms with van der Waals surface area (Å²) in [5, 5.41) is 6.67. The molecule has 5 heteroatoms. The maximum atomic E-state index is 13.1. The number of aliphatic imine (C=N–C) groups is 1. The maximum absolute atomic E-state index is 13.1. The lowest BCUT2D eigenvalue weighted by Crippen LogP contribution is -2.38. The molecule has 0 spiro atoms. The van der Waals surface area contributed by atoms with Crippen LogP contribution in [0.1, 0.15) is 24.5 Å². The molecule has 1 heterocycles. The van der Waals surface area contributed by atoms with E-state index in [0.29, 0.717) is 5.92 Å². The van der Waals surface area contributed by atoms with Crippen molar-refractivity contribution in [2.45, 2.75) is 26.7 Å². The summed E-state index contributed by atoms with van der Waals surface area (Å²) < 4.78 is 13.1. The number of aryl methyl sites for hydroxylation is 1. The van der Waals surface area contributed by atoms with Crippen LogP contribution < -0.4 is 10.6 Å². The van der Waals surface area contributed by atoms with Crippen molar-refractivity contribution in [3.63, 3.8) is 0 Å². The molecule has 2 rings (SSSR count). The first-order valence-electron chi connectivity index (χ1n) is 8.54. The molecule has 0 radical (unpaired) electrons. The number of guanidine groups is 1. The molecule has 1 unspecified atom stereocenters. The zero-order valence-corrected chi connectivity index (χ0v) is 14.5. The molecule has 0 aliphatic carbocycles. The van der Waals surface area contributed by atoms with Crippen LogP contribution in [0, 0.1) is 18.7 Å². The smallest absolute Gasteiger partial charge is 0.191 e. The van der Waals surface area contributed by atoms with Crippen molar-refractivity contribution in [2.75, 3.05) is 39.8 Å². The lowest BCUT2D eigenvalue weighted by molar-refractivity contribution is 0.397. The fourth-order valence-electron chi connectivity index (χ4n) is 2.99. The summed E-state index contributed by atoms with van der Waals surface area (Å²) in [6.45, 7) is 8.86. The number of benzene rings is 1. The van der Waals surface area contributed by atoms with Gasteiger partial charge in [0.05, 0.1) is 0 Å². The molecule has 0 saturated carbocycles. The highest BCUT2D eigenvalue weighted by Crippen LogP contribution is 2.14. The average Bonchev–Trinajstić information content (AvgIpc) is 2.92. The highest BCUT2D eigenvalue weighted by molar-refractivity contribution is 5.79. The van der Waals surface area contributed by atoms with Gasteiger partial charge in [-0.15, -0.1) is 0 Å². The topological polar surface area (TPSA) is 39.7 Å². The number of rotatable bonds is 6. The van der Waals surface area contributed by atoms with Crippen molar-refractivity contribution in [1.29, 1.82) is 0 Å². The molecule has 0 aromatic heterocycles. The van der Waals surface area contributed by atoms with E-state index in [9.17, 15) is 4.39 Å². The number of likely N-dealkylation sites (tertiary alicyclic amines) is 1. The van der Waals surface area contributed by atoms with Gasteiger partial charge >= 0.3 is 0 Å². The molecule has 1 aliphatic rings. The van der Waals surface area contributed by atoms with E-state index in [0.717, 1.165) is 44.1 Å². The Kier molecular flexibility index (Phi) is 6.84. The van der Waals surface area contributed by atoms with Crippen molar-refractivity contribution in [3.05, 3.63) is 35.1 Å². The van der Waals surface area contributed by atoms with E-state index in [1.165, 1.54) is 24.6 Å². The monoisotopic (exact) mass is 320 g/mol. The second-order valence-electron chi connectivity index (χ2n) is 6.38. The van der Waals surface area contributed by atoms with Crippen molar-refractivity contribution in [2.24, 2.45) is 10.9 Å². The van der Waals surface area contributed by atoms with Gasteiger partial charge in [0.1, 0.15) is 5.82 Å². The van der Waals surface area contributed by atoms with Crippen LogP contribution in [0.5, 0.6) is 0 Å². The van der Waals surface area contributed by atoms with Gasteiger partial charge in [0.25, 0.3) is 0 Å². The summed E-state index contributed by atoms with van der Waals surface area (Å²) in [7, 11) is 2.16. The quantitative estimate of drug-likeness (QED) is 0.623. The van der Waals surface area contributed by atoms with Gasteiger partial charge in [0.15, 0.2) is 5.96 Å². The Hall–Kier alpha value is -1.62. The first-order valence-corrected chi connectivity index (χ1v) is 8.54. The Morgan fingerprint density at radius 2 is 2.22 bits per heavy atom. The molecule has 2 N–H and O–H groups in total. The number of nitrogens with zero attached hydrogens (tertiary/aromatic N) is 2. The van der Waals surface area contributed by atoms with Gasteiger partial charge in [-0.3, -0.25) is 4.99 Å². The van der Waals surface area contributed by atoms with E-state index >= 15 is 0 Å². The lowest BCUT2D eigenvalue weighted by Gasteiger charge is -2.14. The molecule has 23 heavy (non-hydrogen) atoms. The van der Waals surface area contributed by atoms with Gasteiger partial charge in [0, 0.05) is 26.2 Å². The van der Waals surface area contributed by atoms with Crippen LogP contribution in [0.25, 0.3) is 0 Å². The molecule has 128 valence electrons. The Bertz CT molecular complexity index is 530. The number of hydrogen-bond acceptors (Lipinski definition) is 2. The summed E-state index contributed by atoms with van der Waals surface area (Å²) in [5.41, 5.74) is 2.18. The molecule has 0 amide bonds. The second-order valence-corrected chi connectivity index (χ2v) is 6.38. The Balaban J connectivity index is 1.81. The van der Waals surface area contributed by atoms with E-state index in [4.69, 9.17) is 4.99 Å². The lowest BCUT2D eigenvalue weighted by atomic mass is 10.1. The Morgan fingerprint density at radius 1 is 1.39 bits per heavy atom. The highest BCUT2D eigenvalue weighted by Gasteiger charge is 2.18. The van der Waals surface area contributed by atoms with Crippen LogP contribution in [0.2, 0.25) is 0 Å². The zero-order chi connectivity index (χ0) is 16.7. The first-order chi connectivity index (χ1) is 11.1.